The number of carbonyl (C=O) groups is 1. The van der Waals surface area contributed by atoms with Crippen LogP contribution in [0, 0.1) is 0 Å². The number of amides is 1. The van der Waals surface area contributed by atoms with Crippen LogP contribution in [-0.4, -0.2) is 33.5 Å². The highest BCUT2D eigenvalue weighted by molar-refractivity contribution is 5.78. The van der Waals surface area contributed by atoms with Gasteiger partial charge in [0.05, 0.1) is 12.2 Å². The molecule has 1 amide bonds. The molecule has 1 rings (SSSR count). The highest BCUT2D eigenvalue weighted by Gasteiger charge is 2.03. The highest BCUT2D eigenvalue weighted by Crippen LogP contribution is 1.89. The fraction of sp³-hybridized carbons (Fsp3) is 0.667. The van der Waals surface area contributed by atoms with E-state index in [1.807, 2.05) is 27.1 Å². The Hall–Kier alpha value is -1.43. The molecule has 0 saturated carbocycles. The number of hydrogen-bond donors (Lipinski definition) is 2. The summed E-state index contributed by atoms with van der Waals surface area (Å²) in [7, 11) is 1.81. The third-order valence-corrected chi connectivity index (χ3v) is 1.69. The Balaban J connectivity index is 2.19. The van der Waals surface area contributed by atoms with Gasteiger partial charge < -0.3 is 10.6 Å². The fourth-order valence-corrected chi connectivity index (χ4v) is 1.15. The zero-order valence-corrected chi connectivity index (χ0v) is 9.32. The maximum atomic E-state index is 11.2. The predicted octanol–water partition coefficient (Wildman–Crippen LogP) is -0.571. The zero-order chi connectivity index (χ0) is 11.3. The Morgan fingerprint density at radius 2 is 2.33 bits per heavy atom. The van der Waals surface area contributed by atoms with Crippen molar-refractivity contribution in [3.05, 3.63) is 11.9 Å². The van der Waals surface area contributed by atoms with Crippen molar-refractivity contribution in [2.75, 3.05) is 6.54 Å². The van der Waals surface area contributed by atoms with Crippen LogP contribution >= 0.6 is 0 Å². The third kappa shape index (κ3) is 4.55. The van der Waals surface area contributed by atoms with E-state index in [1.165, 1.54) is 0 Å². The van der Waals surface area contributed by atoms with Gasteiger partial charge in [0.1, 0.15) is 0 Å². The topological polar surface area (TPSA) is 71.8 Å². The van der Waals surface area contributed by atoms with Crippen molar-refractivity contribution >= 4 is 5.91 Å². The van der Waals surface area contributed by atoms with Gasteiger partial charge in [-0.25, -0.2) is 0 Å². The first kappa shape index (κ1) is 11.6. The van der Waals surface area contributed by atoms with E-state index >= 15 is 0 Å². The highest BCUT2D eigenvalue weighted by atomic mass is 16.1. The number of nitrogens with zero attached hydrogens (tertiary/aromatic N) is 3. The molecule has 0 unspecified atom stereocenters. The van der Waals surface area contributed by atoms with Gasteiger partial charge >= 0.3 is 0 Å². The Bertz CT molecular complexity index is 320. The first-order valence-electron chi connectivity index (χ1n) is 4.93. The van der Waals surface area contributed by atoms with E-state index in [0.717, 1.165) is 5.69 Å². The standard InChI is InChI=1S/C9H17N5O/c1-7(2)11-9(15)5-10-4-8-6-14(3)13-12-8/h6-7,10H,4-5H2,1-3H3,(H,11,15). The summed E-state index contributed by atoms with van der Waals surface area (Å²) < 4.78 is 1.63. The molecule has 1 aromatic heterocycles. The molecule has 0 fully saturated rings. The quantitative estimate of drug-likeness (QED) is 0.684. The molecule has 84 valence electrons. The fourth-order valence-electron chi connectivity index (χ4n) is 1.15. The van der Waals surface area contributed by atoms with Gasteiger partial charge in [0.15, 0.2) is 0 Å². The van der Waals surface area contributed by atoms with E-state index in [9.17, 15) is 4.79 Å². The molecule has 6 heteroatoms. The summed E-state index contributed by atoms with van der Waals surface area (Å²) in [5.74, 6) is -0.00566. The van der Waals surface area contributed by atoms with Gasteiger partial charge in [0, 0.05) is 25.8 Å². The second-order valence-corrected chi connectivity index (χ2v) is 3.71. The molecule has 0 aliphatic heterocycles. The normalized spacial score (nSPS) is 10.7. The molecular formula is C9H17N5O. The summed E-state index contributed by atoms with van der Waals surface area (Å²) in [6.45, 7) is 4.72. The smallest absolute Gasteiger partial charge is 0.234 e. The third-order valence-electron chi connectivity index (χ3n) is 1.69. The predicted molar refractivity (Wildman–Crippen MR) is 56.0 cm³/mol. The molecule has 6 nitrogen and oxygen atoms in total. The van der Waals surface area contributed by atoms with Crippen LogP contribution in [-0.2, 0) is 18.4 Å². The molecule has 15 heavy (non-hydrogen) atoms. The van der Waals surface area contributed by atoms with Crippen LogP contribution in [0.2, 0.25) is 0 Å². The average molecular weight is 211 g/mol. The van der Waals surface area contributed by atoms with Gasteiger partial charge in [-0.05, 0) is 13.8 Å². The number of aromatic nitrogens is 3. The number of hydrogen-bond acceptors (Lipinski definition) is 4. The molecule has 0 saturated heterocycles. The lowest BCUT2D eigenvalue weighted by molar-refractivity contribution is -0.120. The lowest BCUT2D eigenvalue weighted by Gasteiger charge is -2.08. The van der Waals surface area contributed by atoms with Crippen LogP contribution < -0.4 is 10.6 Å². The van der Waals surface area contributed by atoms with Gasteiger partial charge in [-0.15, -0.1) is 5.10 Å². The lowest BCUT2D eigenvalue weighted by Crippen LogP contribution is -2.37. The van der Waals surface area contributed by atoms with Crippen molar-refractivity contribution in [1.82, 2.24) is 25.6 Å². The maximum absolute atomic E-state index is 11.2. The van der Waals surface area contributed by atoms with Crippen LogP contribution in [0.15, 0.2) is 6.20 Å². The van der Waals surface area contributed by atoms with Gasteiger partial charge in [-0.3, -0.25) is 9.48 Å². The first-order chi connectivity index (χ1) is 7.08. The van der Waals surface area contributed by atoms with Gasteiger partial charge in [0.25, 0.3) is 0 Å². The maximum Gasteiger partial charge on any atom is 0.234 e. The van der Waals surface area contributed by atoms with Crippen molar-refractivity contribution in [1.29, 1.82) is 0 Å². The molecule has 2 N–H and O–H groups in total. The van der Waals surface area contributed by atoms with Crippen LogP contribution in [0.1, 0.15) is 19.5 Å². The molecule has 0 bridgehead atoms. The van der Waals surface area contributed by atoms with Crippen molar-refractivity contribution in [2.24, 2.45) is 7.05 Å². The second-order valence-electron chi connectivity index (χ2n) is 3.71. The summed E-state index contributed by atoms with van der Waals surface area (Å²) in [5.41, 5.74) is 0.829. The molecule has 0 aliphatic carbocycles. The van der Waals surface area contributed by atoms with E-state index < -0.39 is 0 Å². The molecule has 0 atom stereocenters. The molecule has 1 heterocycles. The first-order valence-corrected chi connectivity index (χ1v) is 4.93. The summed E-state index contributed by atoms with van der Waals surface area (Å²) in [5, 5.41) is 13.5. The number of aryl methyl sites for hydroxylation is 1. The molecule has 0 aromatic carbocycles. The van der Waals surface area contributed by atoms with Gasteiger partial charge in [-0.2, -0.15) is 0 Å². The van der Waals surface area contributed by atoms with Crippen molar-refractivity contribution in [2.45, 2.75) is 26.4 Å². The van der Waals surface area contributed by atoms with E-state index in [0.29, 0.717) is 13.1 Å². The number of rotatable bonds is 5. The summed E-state index contributed by atoms with van der Waals surface area (Å²) in [6, 6.07) is 0.177. The molecule has 1 aromatic rings. The summed E-state index contributed by atoms with van der Waals surface area (Å²) in [6.07, 6.45) is 1.81. The zero-order valence-electron chi connectivity index (χ0n) is 9.32. The van der Waals surface area contributed by atoms with E-state index in [2.05, 4.69) is 20.9 Å². The SMILES string of the molecule is CC(C)NC(=O)CNCc1cn(C)nn1. The monoisotopic (exact) mass is 211 g/mol. The molecular weight excluding hydrogens is 194 g/mol. The van der Waals surface area contributed by atoms with E-state index in [1.54, 1.807) is 4.68 Å². The lowest BCUT2D eigenvalue weighted by atomic mass is 10.4. The minimum atomic E-state index is -0.00566. The minimum absolute atomic E-state index is 0.00566. The van der Waals surface area contributed by atoms with Crippen LogP contribution in [0.25, 0.3) is 0 Å². The van der Waals surface area contributed by atoms with Crippen LogP contribution in [0.5, 0.6) is 0 Å². The Morgan fingerprint density at radius 3 is 2.87 bits per heavy atom. The Labute approximate surface area is 89.0 Å². The number of nitrogens with one attached hydrogen (secondary N) is 2. The number of carbonyl (C=O) groups excluding carboxylic acids is 1. The molecule has 0 spiro atoms. The second kappa shape index (κ2) is 5.45. The minimum Gasteiger partial charge on any atom is -0.353 e. The summed E-state index contributed by atoms with van der Waals surface area (Å²) in [4.78, 5) is 11.2. The molecule has 0 radical (unpaired) electrons. The largest absolute Gasteiger partial charge is 0.353 e. The van der Waals surface area contributed by atoms with Crippen molar-refractivity contribution < 1.29 is 4.79 Å². The Morgan fingerprint density at radius 1 is 1.60 bits per heavy atom. The van der Waals surface area contributed by atoms with E-state index in [4.69, 9.17) is 0 Å². The van der Waals surface area contributed by atoms with Crippen molar-refractivity contribution in [3.63, 3.8) is 0 Å². The molecule has 0 aliphatic rings. The summed E-state index contributed by atoms with van der Waals surface area (Å²) >= 11 is 0. The Kier molecular flexibility index (Phi) is 4.23. The van der Waals surface area contributed by atoms with Gasteiger partial charge in [-0.1, -0.05) is 5.21 Å². The van der Waals surface area contributed by atoms with Crippen molar-refractivity contribution in [3.8, 4) is 0 Å². The van der Waals surface area contributed by atoms with E-state index in [-0.39, 0.29) is 11.9 Å². The van der Waals surface area contributed by atoms with Crippen LogP contribution in [0.3, 0.4) is 0 Å². The average Bonchev–Trinajstić information content (AvgIpc) is 2.50. The van der Waals surface area contributed by atoms with Crippen LogP contribution in [0.4, 0.5) is 0 Å². The van der Waals surface area contributed by atoms with Gasteiger partial charge in [0.2, 0.25) is 5.91 Å².